The molecule has 2 aromatic carbocycles. The van der Waals surface area contributed by atoms with E-state index in [9.17, 15) is 4.79 Å². The summed E-state index contributed by atoms with van der Waals surface area (Å²) < 4.78 is 0. The zero-order chi connectivity index (χ0) is 14.2. The highest BCUT2D eigenvalue weighted by Gasteiger charge is 2.17. The third kappa shape index (κ3) is 2.49. The monoisotopic (exact) mass is 273 g/mol. The van der Waals surface area contributed by atoms with Gasteiger partial charge in [0.25, 0.3) is 0 Å². The molecule has 0 saturated heterocycles. The fourth-order valence-electron chi connectivity index (χ4n) is 1.98. The van der Waals surface area contributed by atoms with Crippen molar-refractivity contribution in [3.8, 4) is 0 Å². The van der Waals surface area contributed by atoms with E-state index in [-0.39, 0.29) is 5.78 Å². The van der Waals surface area contributed by atoms with Gasteiger partial charge in [-0.2, -0.15) is 0 Å². The molecule has 0 saturated carbocycles. The summed E-state index contributed by atoms with van der Waals surface area (Å²) in [5.41, 5.74) is 10.5. The molecular weight excluding hydrogens is 258 g/mol. The predicted molar refractivity (Wildman–Crippen MR) is 79.9 cm³/mol. The van der Waals surface area contributed by atoms with E-state index in [1.807, 2.05) is 45.0 Å². The molecule has 2 N–H and O–H groups in total. The zero-order valence-corrected chi connectivity index (χ0v) is 12.0. The Morgan fingerprint density at radius 3 is 2.32 bits per heavy atom. The number of halogens is 1. The number of hydrogen-bond donors (Lipinski definition) is 1. The Hall–Kier alpha value is -1.80. The lowest BCUT2D eigenvalue weighted by Gasteiger charge is -2.10. The first kappa shape index (κ1) is 13.6. The molecule has 0 aromatic heterocycles. The minimum atomic E-state index is -0.130. The van der Waals surface area contributed by atoms with E-state index in [1.165, 1.54) is 0 Å². The van der Waals surface area contributed by atoms with Crippen molar-refractivity contribution in [2.24, 2.45) is 0 Å². The number of nitrogens with two attached hydrogens (primary N) is 1. The molecule has 19 heavy (non-hydrogen) atoms. The van der Waals surface area contributed by atoms with Gasteiger partial charge in [0.1, 0.15) is 0 Å². The highest BCUT2D eigenvalue weighted by molar-refractivity contribution is 6.35. The average molecular weight is 274 g/mol. The summed E-state index contributed by atoms with van der Waals surface area (Å²) in [6.07, 6.45) is 0. The fraction of sp³-hybridized carbons (Fsp3) is 0.188. The van der Waals surface area contributed by atoms with E-state index >= 15 is 0 Å². The van der Waals surface area contributed by atoms with Crippen LogP contribution in [0.15, 0.2) is 30.3 Å². The summed E-state index contributed by atoms with van der Waals surface area (Å²) in [6, 6.07) is 9.08. The number of rotatable bonds is 2. The summed E-state index contributed by atoms with van der Waals surface area (Å²) >= 11 is 6.18. The van der Waals surface area contributed by atoms with E-state index in [2.05, 4.69) is 0 Å². The number of hydrogen-bond acceptors (Lipinski definition) is 2. The van der Waals surface area contributed by atoms with Crippen molar-refractivity contribution in [2.75, 3.05) is 5.73 Å². The third-order valence-electron chi connectivity index (χ3n) is 3.40. The van der Waals surface area contributed by atoms with Gasteiger partial charge in [-0.25, -0.2) is 0 Å². The van der Waals surface area contributed by atoms with Gasteiger partial charge in [-0.05, 0) is 55.7 Å². The van der Waals surface area contributed by atoms with Crippen LogP contribution in [0.2, 0.25) is 5.02 Å². The minimum absolute atomic E-state index is 0.130. The normalized spacial score (nSPS) is 10.5. The van der Waals surface area contributed by atoms with Crippen molar-refractivity contribution in [2.45, 2.75) is 20.8 Å². The quantitative estimate of drug-likeness (QED) is 0.662. The Kier molecular flexibility index (Phi) is 3.63. The molecular formula is C16H16ClNO. The van der Waals surface area contributed by atoms with E-state index in [0.717, 1.165) is 16.7 Å². The maximum atomic E-state index is 12.5. The molecule has 3 heteroatoms. The number of carbonyl (C=O) groups excluding carboxylic acids is 1. The van der Waals surface area contributed by atoms with Gasteiger partial charge in [0, 0.05) is 16.8 Å². The Labute approximate surface area is 118 Å². The molecule has 0 atom stereocenters. The van der Waals surface area contributed by atoms with Gasteiger partial charge in [0.05, 0.1) is 5.02 Å². The van der Waals surface area contributed by atoms with Crippen LogP contribution in [0.5, 0.6) is 0 Å². The largest absolute Gasteiger partial charge is 0.398 e. The lowest BCUT2D eigenvalue weighted by atomic mass is 9.97. The van der Waals surface area contributed by atoms with Gasteiger partial charge in [0.2, 0.25) is 0 Å². The maximum Gasteiger partial charge on any atom is 0.196 e. The Bertz CT molecular complexity index is 662. The average Bonchev–Trinajstić information content (AvgIpc) is 2.36. The molecule has 2 nitrogen and oxygen atoms in total. The number of anilines is 1. The molecule has 0 heterocycles. The van der Waals surface area contributed by atoms with Gasteiger partial charge in [-0.15, -0.1) is 0 Å². The first-order chi connectivity index (χ1) is 8.91. The Morgan fingerprint density at radius 1 is 1.00 bits per heavy atom. The molecule has 0 bridgehead atoms. The number of para-hydroxylation sites is 1. The van der Waals surface area contributed by atoms with Crippen LogP contribution in [-0.2, 0) is 0 Å². The highest BCUT2D eigenvalue weighted by atomic mass is 35.5. The van der Waals surface area contributed by atoms with E-state index in [0.29, 0.717) is 21.8 Å². The number of nitrogen functional groups attached to an aromatic ring is 1. The molecule has 0 spiro atoms. The predicted octanol–water partition coefficient (Wildman–Crippen LogP) is 4.08. The van der Waals surface area contributed by atoms with Crippen LogP contribution in [0, 0.1) is 20.8 Å². The van der Waals surface area contributed by atoms with Crippen molar-refractivity contribution in [3.05, 3.63) is 63.2 Å². The number of carbonyl (C=O) groups is 1. The van der Waals surface area contributed by atoms with Gasteiger partial charge in [-0.1, -0.05) is 23.7 Å². The Morgan fingerprint density at radius 2 is 1.63 bits per heavy atom. The molecule has 0 aliphatic heterocycles. The number of ketones is 1. The fourth-order valence-corrected chi connectivity index (χ4v) is 2.28. The molecule has 0 unspecified atom stereocenters. The van der Waals surface area contributed by atoms with Crippen LogP contribution in [0.3, 0.4) is 0 Å². The highest BCUT2D eigenvalue weighted by Crippen LogP contribution is 2.26. The Balaban J connectivity index is 2.56. The second kappa shape index (κ2) is 5.06. The van der Waals surface area contributed by atoms with Crippen LogP contribution in [0.1, 0.15) is 32.6 Å². The second-order valence-electron chi connectivity index (χ2n) is 4.78. The third-order valence-corrected chi connectivity index (χ3v) is 3.71. The topological polar surface area (TPSA) is 43.1 Å². The first-order valence-electron chi connectivity index (χ1n) is 6.08. The SMILES string of the molecule is Cc1cc(Cl)c(C(=O)c2cccc(C)c2N)cc1C. The summed E-state index contributed by atoms with van der Waals surface area (Å²) in [6.45, 7) is 5.81. The molecule has 98 valence electrons. The molecule has 2 rings (SSSR count). The smallest absolute Gasteiger partial charge is 0.196 e. The number of aryl methyl sites for hydroxylation is 3. The molecule has 0 fully saturated rings. The number of benzene rings is 2. The first-order valence-corrected chi connectivity index (χ1v) is 6.46. The molecule has 0 radical (unpaired) electrons. The zero-order valence-electron chi connectivity index (χ0n) is 11.3. The lowest BCUT2D eigenvalue weighted by Crippen LogP contribution is -2.08. The van der Waals surface area contributed by atoms with E-state index < -0.39 is 0 Å². The summed E-state index contributed by atoms with van der Waals surface area (Å²) in [4.78, 5) is 12.5. The van der Waals surface area contributed by atoms with Crippen molar-refractivity contribution in [3.63, 3.8) is 0 Å². The van der Waals surface area contributed by atoms with Gasteiger partial charge in [0.15, 0.2) is 5.78 Å². The van der Waals surface area contributed by atoms with Crippen molar-refractivity contribution >= 4 is 23.1 Å². The molecule has 0 aliphatic carbocycles. The van der Waals surface area contributed by atoms with Crippen molar-refractivity contribution in [1.29, 1.82) is 0 Å². The minimum Gasteiger partial charge on any atom is -0.398 e. The standard InChI is InChI=1S/C16H16ClNO/c1-9-5-4-6-12(15(9)18)16(19)13-7-10(2)11(3)8-14(13)17/h4-8H,18H2,1-3H3. The summed E-state index contributed by atoms with van der Waals surface area (Å²) in [5, 5.41) is 0.467. The van der Waals surface area contributed by atoms with Crippen LogP contribution >= 0.6 is 11.6 Å². The van der Waals surface area contributed by atoms with E-state index in [4.69, 9.17) is 17.3 Å². The molecule has 0 amide bonds. The van der Waals surface area contributed by atoms with Crippen LogP contribution in [-0.4, -0.2) is 5.78 Å². The van der Waals surface area contributed by atoms with Crippen LogP contribution in [0.4, 0.5) is 5.69 Å². The van der Waals surface area contributed by atoms with Crippen LogP contribution < -0.4 is 5.73 Å². The van der Waals surface area contributed by atoms with Gasteiger partial charge in [-0.3, -0.25) is 4.79 Å². The van der Waals surface area contributed by atoms with Crippen molar-refractivity contribution in [1.82, 2.24) is 0 Å². The molecule has 2 aromatic rings. The van der Waals surface area contributed by atoms with Gasteiger partial charge < -0.3 is 5.73 Å². The van der Waals surface area contributed by atoms with E-state index in [1.54, 1.807) is 6.07 Å². The lowest BCUT2D eigenvalue weighted by molar-refractivity contribution is 0.103. The second-order valence-corrected chi connectivity index (χ2v) is 5.19. The summed E-state index contributed by atoms with van der Waals surface area (Å²) in [5.74, 6) is -0.130. The van der Waals surface area contributed by atoms with Crippen LogP contribution in [0.25, 0.3) is 0 Å². The van der Waals surface area contributed by atoms with Crippen molar-refractivity contribution < 1.29 is 4.79 Å². The molecule has 0 aliphatic rings. The van der Waals surface area contributed by atoms with Gasteiger partial charge >= 0.3 is 0 Å². The summed E-state index contributed by atoms with van der Waals surface area (Å²) in [7, 11) is 0. The maximum absolute atomic E-state index is 12.5.